The van der Waals surface area contributed by atoms with Crippen molar-refractivity contribution >= 4 is 50.7 Å². The monoisotopic (exact) mass is 387 g/mol. The lowest BCUT2D eigenvalue weighted by Gasteiger charge is -2.07. The average molecular weight is 387 g/mol. The number of aromatic hydroxyl groups is 1. The highest BCUT2D eigenvalue weighted by Gasteiger charge is 2.23. The van der Waals surface area contributed by atoms with Gasteiger partial charge in [0.05, 0.1) is 21.9 Å². The van der Waals surface area contributed by atoms with E-state index in [1.807, 2.05) is 30.3 Å². The average Bonchev–Trinajstić information content (AvgIpc) is 2.97. The maximum absolute atomic E-state index is 12.3. The van der Waals surface area contributed by atoms with Gasteiger partial charge < -0.3 is 15.2 Å². The number of hydrogen-bond acceptors (Lipinski definition) is 6. The van der Waals surface area contributed by atoms with Gasteiger partial charge >= 0.3 is 5.97 Å². The normalized spacial score (nSPS) is 10.7. The molecule has 2 aromatic carbocycles. The number of fused-ring (bicyclic) bond motifs is 1. The third-order valence-electron chi connectivity index (χ3n) is 3.53. The predicted octanol–water partition coefficient (Wildman–Crippen LogP) is 4.89. The van der Waals surface area contributed by atoms with E-state index in [0.717, 1.165) is 16.2 Å². The molecule has 0 bridgehead atoms. The van der Waals surface area contributed by atoms with Gasteiger partial charge in [0.25, 0.3) is 0 Å². The van der Waals surface area contributed by atoms with Crippen LogP contribution in [0, 0.1) is 0 Å². The number of esters is 1. The number of amides is 1. The number of thiophene rings is 1. The number of carbonyl (C=O) groups is 2. The van der Waals surface area contributed by atoms with E-state index in [2.05, 4.69) is 5.32 Å². The number of anilines is 1. The van der Waals surface area contributed by atoms with Crippen LogP contribution in [0.3, 0.4) is 0 Å². The molecular weight excluding hydrogens is 370 g/mol. The van der Waals surface area contributed by atoms with E-state index in [9.17, 15) is 14.7 Å². The summed E-state index contributed by atoms with van der Waals surface area (Å²) in [5.74, 6) is -0.727. The molecule has 0 saturated heterocycles. The van der Waals surface area contributed by atoms with E-state index < -0.39 is 5.97 Å². The Morgan fingerprint density at radius 3 is 2.58 bits per heavy atom. The summed E-state index contributed by atoms with van der Waals surface area (Å²) in [5.41, 5.74) is 0.377. The Bertz CT molecular complexity index is 967. The van der Waals surface area contributed by atoms with Crippen LogP contribution in [0.4, 0.5) is 5.69 Å². The third-order valence-corrected chi connectivity index (χ3v) is 5.78. The molecule has 26 heavy (non-hydrogen) atoms. The lowest BCUT2D eigenvalue weighted by molar-refractivity contribution is -0.114. The first-order valence-corrected chi connectivity index (χ1v) is 9.60. The van der Waals surface area contributed by atoms with E-state index in [0.29, 0.717) is 20.7 Å². The van der Waals surface area contributed by atoms with Gasteiger partial charge in [-0.15, -0.1) is 11.3 Å². The molecule has 3 rings (SSSR count). The molecule has 0 aliphatic carbocycles. The Labute approximate surface area is 159 Å². The van der Waals surface area contributed by atoms with E-state index in [-0.39, 0.29) is 23.1 Å². The van der Waals surface area contributed by atoms with Crippen molar-refractivity contribution in [3.8, 4) is 5.75 Å². The number of phenolic OH excluding ortho intramolecular Hbond substituents is 1. The summed E-state index contributed by atoms with van der Waals surface area (Å²) < 4.78 is 5.62. The summed E-state index contributed by atoms with van der Waals surface area (Å²) in [5, 5.41) is 14.0. The molecule has 0 spiro atoms. The molecule has 0 unspecified atom stereocenters. The summed E-state index contributed by atoms with van der Waals surface area (Å²) in [7, 11) is 0. The van der Waals surface area contributed by atoms with Crippen molar-refractivity contribution in [2.24, 2.45) is 0 Å². The molecule has 0 radical (unpaired) electrons. The van der Waals surface area contributed by atoms with Crippen molar-refractivity contribution in [1.29, 1.82) is 0 Å². The minimum Gasteiger partial charge on any atom is -0.505 e. The first-order valence-electron chi connectivity index (χ1n) is 7.97. The van der Waals surface area contributed by atoms with Crippen molar-refractivity contribution in [1.82, 2.24) is 0 Å². The van der Waals surface area contributed by atoms with Crippen LogP contribution in [-0.4, -0.2) is 23.6 Å². The highest BCUT2D eigenvalue weighted by atomic mass is 32.2. The van der Waals surface area contributed by atoms with E-state index in [4.69, 9.17) is 4.74 Å². The standard InChI is InChI=1S/C19H17NO4S2/c1-3-24-19(23)18-15(20-11(2)21)13-9-10-14(16(22)17(13)26-18)25-12-7-5-4-6-8-12/h4-10,22H,3H2,1-2H3,(H,20,21). The van der Waals surface area contributed by atoms with Crippen LogP contribution >= 0.6 is 23.1 Å². The largest absolute Gasteiger partial charge is 0.505 e. The van der Waals surface area contributed by atoms with Crippen LogP contribution in [0.2, 0.25) is 0 Å². The summed E-state index contributed by atoms with van der Waals surface area (Å²) in [4.78, 5) is 25.7. The molecule has 0 fully saturated rings. The second-order valence-electron chi connectivity index (χ2n) is 5.41. The maximum atomic E-state index is 12.3. The van der Waals surface area contributed by atoms with Gasteiger partial charge in [-0.2, -0.15) is 0 Å². The van der Waals surface area contributed by atoms with Crippen molar-refractivity contribution in [3.05, 3.63) is 47.3 Å². The molecule has 0 atom stereocenters. The van der Waals surface area contributed by atoms with Gasteiger partial charge in [-0.25, -0.2) is 4.79 Å². The van der Waals surface area contributed by atoms with Gasteiger partial charge in [-0.05, 0) is 25.1 Å². The summed E-state index contributed by atoms with van der Waals surface area (Å²) in [6, 6.07) is 13.3. The van der Waals surface area contributed by atoms with Crippen LogP contribution in [0.15, 0.2) is 52.3 Å². The molecule has 134 valence electrons. The van der Waals surface area contributed by atoms with Crippen LogP contribution in [0.25, 0.3) is 10.1 Å². The number of carbonyl (C=O) groups excluding carboxylic acids is 2. The quantitative estimate of drug-likeness (QED) is 0.610. The van der Waals surface area contributed by atoms with Crippen molar-refractivity contribution in [3.63, 3.8) is 0 Å². The zero-order chi connectivity index (χ0) is 18.7. The van der Waals surface area contributed by atoms with Gasteiger partial charge in [0, 0.05) is 17.2 Å². The Morgan fingerprint density at radius 1 is 1.19 bits per heavy atom. The Balaban J connectivity index is 2.10. The molecule has 0 aliphatic heterocycles. The minimum absolute atomic E-state index is 0.0866. The third kappa shape index (κ3) is 3.68. The van der Waals surface area contributed by atoms with Crippen LogP contribution < -0.4 is 5.32 Å². The fourth-order valence-electron chi connectivity index (χ4n) is 2.47. The molecular formula is C19H17NO4S2. The second kappa shape index (κ2) is 7.80. The molecule has 5 nitrogen and oxygen atoms in total. The molecule has 3 aromatic rings. The lowest BCUT2D eigenvalue weighted by Crippen LogP contribution is -2.10. The summed E-state index contributed by atoms with van der Waals surface area (Å²) in [6.45, 7) is 3.32. The SMILES string of the molecule is CCOC(=O)c1sc2c(O)c(Sc3ccccc3)ccc2c1NC(C)=O. The van der Waals surface area contributed by atoms with Crippen molar-refractivity contribution in [2.45, 2.75) is 23.6 Å². The fraction of sp³-hybridized carbons (Fsp3) is 0.158. The van der Waals surface area contributed by atoms with Crippen molar-refractivity contribution < 1.29 is 19.4 Å². The smallest absolute Gasteiger partial charge is 0.350 e. The topological polar surface area (TPSA) is 75.6 Å². The number of hydrogen-bond donors (Lipinski definition) is 2. The number of phenols is 1. The summed E-state index contributed by atoms with van der Waals surface area (Å²) in [6.07, 6.45) is 0. The number of nitrogens with one attached hydrogen (secondary N) is 1. The van der Waals surface area contributed by atoms with E-state index in [1.54, 1.807) is 19.1 Å². The van der Waals surface area contributed by atoms with Gasteiger partial charge in [-0.1, -0.05) is 36.0 Å². The molecule has 1 amide bonds. The first kappa shape index (κ1) is 18.3. The predicted molar refractivity (Wildman–Crippen MR) is 104 cm³/mol. The highest BCUT2D eigenvalue weighted by molar-refractivity contribution is 7.99. The van der Waals surface area contributed by atoms with Gasteiger partial charge in [-0.3, -0.25) is 4.79 Å². The van der Waals surface area contributed by atoms with Gasteiger partial charge in [0.15, 0.2) is 0 Å². The minimum atomic E-state index is -0.519. The van der Waals surface area contributed by atoms with Crippen LogP contribution in [0.1, 0.15) is 23.5 Å². The molecule has 0 aliphatic rings. The lowest BCUT2D eigenvalue weighted by atomic mass is 10.2. The van der Waals surface area contributed by atoms with Gasteiger partial charge in [0.1, 0.15) is 10.6 Å². The molecule has 1 heterocycles. The maximum Gasteiger partial charge on any atom is 0.350 e. The van der Waals surface area contributed by atoms with E-state index >= 15 is 0 Å². The zero-order valence-electron chi connectivity index (χ0n) is 14.2. The number of benzene rings is 2. The number of ether oxygens (including phenoxy) is 1. The van der Waals surface area contributed by atoms with Crippen LogP contribution in [0.5, 0.6) is 5.75 Å². The molecule has 1 aromatic heterocycles. The fourth-order valence-corrected chi connectivity index (χ4v) is 4.51. The van der Waals surface area contributed by atoms with E-state index in [1.165, 1.54) is 18.7 Å². The Hall–Kier alpha value is -2.51. The highest BCUT2D eigenvalue weighted by Crippen LogP contribution is 2.46. The summed E-state index contributed by atoms with van der Waals surface area (Å²) >= 11 is 2.54. The Morgan fingerprint density at radius 2 is 1.92 bits per heavy atom. The number of rotatable bonds is 5. The second-order valence-corrected chi connectivity index (χ2v) is 7.55. The Kier molecular flexibility index (Phi) is 5.49. The zero-order valence-corrected chi connectivity index (χ0v) is 15.9. The van der Waals surface area contributed by atoms with Crippen molar-refractivity contribution in [2.75, 3.05) is 11.9 Å². The molecule has 0 saturated carbocycles. The van der Waals surface area contributed by atoms with Gasteiger partial charge in [0.2, 0.25) is 5.91 Å². The molecule has 7 heteroatoms. The first-order chi connectivity index (χ1) is 12.5. The molecule has 2 N–H and O–H groups in total. The van der Waals surface area contributed by atoms with Crippen LogP contribution in [-0.2, 0) is 9.53 Å².